The molecule has 3 rings (SSSR count). The summed E-state index contributed by atoms with van der Waals surface area (Å²) >= 11 is 0. The van der Waals surface area contributed by atoms with E-state index in [0.29, 0.717) is 12.1 Å². The van der Waals surface area contributed by atoms with Crippen LogP contribution in [-0.2, 0) is 4.74 Å². The average Bonchev–Trinajstić information content (AvgIpc) is 3.05. The largest absolute Gasteiger partial charge is 0.377 e. The van der Waals surface area contributed by atoms with Gasteiger partial charge < -0.3 is 10.5 Å². The van der Waals surface area contributed by atoms with Crippen LogP contribution in [0, 0.1) is 0 Å². The minimum Gasteiger partial charge on any atom is -0.377 e. The summed E-state index contributed by atoms with van der Waals surface area (Å²) in [5.74, 6) is 0. The molecule has 2 N–H and O–H groups in total. The molecular formula is C14H27N3O. The fourth-order valence-corrected chi connectivity index (χ4v) is 4.32. The highest BCUT2D eigenvalue weighted by atomic mass is 16.5. The van der Waals surface area contributed by atoms with Crippen molar-refractivity contribution in [1.82, 2.24) is 9.80 Å². The summed E-state index contributed by atoms with van der Waals surface area (Å²) in [7, 11) is 2.26. The number of nitrogens with two attached hydrogens (primary N) is 1. The van der Waals surface area contributed by atoms with Crippen molar-refractivity contribution in [2.75, 3.05) is 39.8 Å². The molecule has 3 fully saturated rings. The predicted molar refractivity (Wildman–Crippen MR) is 72.6 cm³/mol. The lowest BCUT2D eigenvalue weighted by Crippen LogP contribution is -2.59. The molecule has 0 aliphatic carbocycles. The number of hydrogen-bond donors (Lipinski definition) is 1. The second kappa shape index (κ2) is 5.08. The van der Waals surface area contributed by atoms with Gasteiger partial charge in [-0.25, -0.2) is 0 Å². The molecule has 4 nitrogen and oxygen atoms in total. The Morgan fingerprint density at radius 3 is 2.94 bits per heavy atom. The van der Waals surface area contributed by atoms with Gasteiger partial charge in [0.1, 0.15) is 0 Å². The van der Waals surface area contributed by atoms with Crippen LogP contribution in [0.1, 0.15) is 32.1 Å². The van der Waals surface area contributed by atoms with Crippen LogP contribution in [-0.4, -0.2) is 67.3 Å². The van der Waals surface area contributed by atoms with Crippen molar-refractivity contribution in [3.05, 3.63) is 0 Å². The van der Waals surface area contributed by atoms with Crippen LogP contribution < -0.4 is 5.73 Å². The number of likely N-dealkylation sites (N-methyl/N-ethyl adjacent to an activating group) is 1. The highest BCUT2D eigenvalue weighted by Crippen LogP contribution is 2.39. The van der Waals surface area contributed by atoms with E-state index in [2.05, 4.69) is 16.8 Å². The highest BCUT2D eigenvalue weighted by molar-refractivity contribution is 5.09. The molecule has 0 amide bonds. The number of ether oxygens (including phenoxy) is 1. The molecule has 0 aromatic carbocycles. The van der Waals surface area contributed by atoms with E-state index in [1.165, 1.54) is 45.2 Å². The summed E-state index contributed by atoms with van der Waals surface area (Å²) in [5, 5.41) is 0. The fraction of sp³-hybridized carbons (Fsp3) is 1.00. The van der Waals surface area contributed by atoms with Gasteiger partial charge in [-0.15, -0.1) is 0 Å². The lowest BCUT2D eigenvalue weighted by molar-refractivity contribution is 0.0252. The third-order valence-corrected chi connectivity index (χ3v) is 5.43. The maximum atomic E-state index is 6.19. The third kappa shape index (κ3) is 1.99. The quantitative estimate of drug-likeness (QED) is 0.799. The van der Waals surface area contributed by atoms with Crippen molar-refractivity contribution in [2.24, 2.45) is 5.73 Å². The average molecular weight is 253 g/mol. The Kier molecular flexibility index (Phi) is 3.63. The van der Waals surface area contributed by atoms with Crippen LogP contribution >= 0.6 is 0 Å². The highest BCUT2D eigenvalue weighted by Gasteiger charge is 2.50. The van der Waals surface area contributed by atoms with Gasteiger partial charge in [-0.05, 0) is 45.7 Å². The van der Waals surface area contributed by atoms with E-state index in [0.717, 1.165) is 19.7 Å². The molecule has 3 saturated heterocycles. The van der Waals surface area contributed by atoms with Crippen LogP contribution in [0.25, 0.3) is 0 Å². The van der Waals surface area contributed by atoms with Gasteiger partial charge in [0.15, 0.2) is 0 Å². The van der Waals surface area contributed by atoms with Crippen LogP contribution in [0.5, 0.6) is 0 Å². The van der Waals surface area contributed by atoms with E-state index in [4.69, 9.17) is 10.5 Å². The predicted octanol–water partition coefficient (Wildman–Crippen LogP) is 0.663. The van der Waals surface area contributed by atoms with Crippen LogP contribution in [0.15, 0.2) is 0 Å². The van der Waals surface area contributed by atoms with Gasteiger partial charge in [0, 0.05) is 37.8 Å². The lowest BCUT2D eigenvalue weighted by Gasteiger charge is -2.43. The molecule has 0 bridgehead atoms. The van der Waals surface area contributed by atoms with Gasteiger partial charge in [-0.1, -0.05) is 0 Å². The molecule has 4 heteroatoms. The summed E-state index contributed by atoms with van der Waals surface area (Å²) in [6.07, 6.45) is 6.79. The van der Waals surface area contributed by atoms with Gasteiger partial charge >= 0.3 is 0 Å². The number of rotatable bonds is 4. The first-order valence-corrected chi connectivity index (χ1v) is 7.53. The molecule has 0 aromatic rings. The molecule has 3 unspecified atom stereocenters. The smallest absolute Gasteiger partial charge is 0.0702 e. The van der Waals surface area contributed by atoms with Gasteiger partial charge in [0.2, 0.25) is 0 Å². The van der Waals surface area contributed by atoms with Crippen LogP contribution in [0.3, 0.4) is 0 Å². The molecule has 3 aliphatic heterocycles. The Morgan fingerprint density at radius 2 is 2.22 bits per heavy atom. The van der Waals surface area contributed by atoms with Crippen molar-refractivity contribution in [2.45, 2.75) is 49.8 Å². The zero-order chi connectivity index (χ0) is 12.6. The monoisotopic (exact) mass is 253 g/mol. The molecule has 18 heavy (non-hydrogen) atoms. The van der Waals surface area contributed by atoms with Gasteiger partial charge in [0.25, 0.3) is 0 Å². The normalized spacial score (nSPS) is 40.8. The number of fused-ring (bicyclic) bond motifs is 1. The molecule has 0 aromatic heterocycles. The lowest BCUT2D eigenvalue weighted by atomic mass is 9.86. The Morgan fingerprint density at radius 1 is 1.33 bits per heavy atom. The van der Waals surface area contributed by atoms with Crippen molar-refractivity contribution in [3.8, 4) is 0 Å². The molecule has 0 spiro atoms. The topological polar surface area (TPSA) is 41.7 Å². The maximum absolute atomic E-state index is 6.19. The molecular weight excluding hydrogens is 226 g/mol. The number of hydrogen-bond acceptors (Lipinski definition) is 4. The first-order chi connectivity index (χ1) is 8.76. The molecule has 104 valence electrons. The maximum Gasteiger partial charge on any atom is 0.0702 e. The molecule has 0 radical (unpaired) electrons. The van der Waals surface area contributed by atoms with Crippen LogP contribution in [0.4, 0.5) is 0 Å². The SMILES string of the molecule is CN(CC1CCCO1)C1(CN)CCN2CCCC21. The Hall–Kier alpha value is -0.160. The molecule has 3 aliphatic rings. The summed E-state index contributed by atoms with van der Waals surface area (Å²) in [4.78, 5) is 5.18. The minimum absolute atomic E-state index is 0.211. The van der Waals surface area contributed by atoms with Crippen molar-refractivity contribution >= 4 is 0 Å². The first-order valence-electron chi connectivity index (χ1n) is 7.53. The van der Waals surface area contributed by atoms with E-state index >= 15 is 0 Å². The standard InChI is InChI=1S/C14H27N3O/c1-16(10-12-4-3-9-18-12)14(11-15)6-8-17-7-2-5-13(14)17/h12-13H,2-11,15H2,1H3. The molecule has 0 saturated carbocycles. The minimum atomic E-state index is 0.211. The zero-order valence-electron chi connectivity index (χ0n) is 11.6. The third-order valence-electron chi connectivity index (χ3n) is 5.43. The first kappa shape index (κ1) is 12.9. The number of nitrogens with zero attached hydrogens (tertiary/aromatic N) is 2. The summed E-state index contributed by atoms with van der Waals surface area (Å²) in [5.41, 5.74) is 6.40. The van der Waals surface area contributed by atoms with Crippen molar-refractivity contribution in [1.29, 1.82) is 0 Å². The Bertz CT molecular complexity index is 293. The van der Waals surface area contributed by atoms with Gasteiger partial charge in [-0.3, -0.25) is 9.80 Å². The Labute approximate surface area is 110 Å². The van der Waals surface area contributed by atoms with E-state index in [-0.39, 0.29) is 5.54 Å². The summed E-state index contributed by atoms with van der Waals surface area (Å²) in [6.45, 7) is 5.31. The van der Waals surface area contributed by atoms with Gasteiger partial charge in [0.05, 0.1) is 6.10 Å². The van der Waals surface area contributed by atoms with E-state index in [1.807, 2.05) is 0 Å². The zero-order valence-corrected chi connectivity index (χ0v) is 11.6. The fourth-order valence-electron chi connectivity index (χ4n) is 4.32. The van der Waals surface area contributed by atoms with Crippen LogP contribution in [0.2, 0.25) is 0 Å². The Balaban J connectivity index is 1.70. The summed E-state index contributed by atoms with van der Waals surface area (Å²) in [6, 6.07) is 0.689. The van der Waals surface area contributed by atoms with E-state index < -0.39 is 0 Å². The molecule has 3 heterocycles. The van der Waals surface area contributed by atoms with Gasteiger partial charge in [-0.2, -0.15) is 0 Å². The van der Waals surface area contributed by atoms with E-state index in [1.54, 1.807) is 0 Å². The second-order valence-corrected chi connectivity index (χ2v) is 6.27. The van der Waals surface area contributed by atoms with Crippen molar-refractivity contribution in [3.63, 3.8) is 0 Å². The summed E-state index contributed by atoms with van der Waals surface area (Å²) < 4.78 is 5.79. The molecule has 3 atom stereocenters. The van der Waals surface area contributed by atoms with Crippen molar-refractivity contribution < 1.29 is 4.74 Å². The second-order valence-electron chi connectivity index (χ2n) is 6.27. The van der Waals surface area contributed by atoms with E-state index in [9.17, 15) is 0 Å².